The smallest absolute Gasteiger partial charge is 0.0876 e. The fourth-order valence-corrected chi connectivity index (χ4v) is 5.01. The van der Waals surface area contributed by atoms with Gasteiger partial charge in [0, 0.05) is 11.5 Å². The van der Waals surface area contributed by atoms with Gasteiger partial charge in [-0.1, -0.05) is 0 Å². The maximum atomic E-state index is 2.47. The van der Waals surface area contributed by atoms with Crippen LogP contribution in [-0.2, 0) is 0 Å². The van der Waals surface area contributed by atoms with Crippen molar-refractivity contribution in [1.82, 2.24) is 0 Å². The number of thioether (sulfide) groups is 1. The number of piperidine rings is 2. The van der Waals surface area contributed by atoms with E-state index >= 15 is 0 Å². The summed E-state index contributed by atoms with van der Waals surface area (Å²) in [6.07, 6.45) is 8.76. The van der Waals surface area contributed by atoms with Crippen LogP contribution in [0.1, 0.15) is 38.5 Å². The summed E-state index contributed by atoms with van der Waals surface area (Å²) in [5, 5.41) is 0. The Morgan fingerprint density at radius 3 is 1.37 bits per heavy atom. The second-order valence-electron chi connectivity index (χ2n) is 7.31. The molecule has 2 saturated heterocycles. The van der Waals surface area contributed by atoms with Crippen LogP contribution in [0.3, 0.4) is 0 Å². The highest BCUT2D eigenvalue weighted by molar-refractivity contribution is 7.99. The molecular weight excluding hydrogens is 252 g/mol. The van der Waals surface area contributed by atoms with Crippen LogP contribution in [-0.4, -0.2) is 73.8 Å². The summed E-state index contributed by atoms with van der Waals surface area (Å²) in [4.78, 5) is 0. The number of hydrogen-bond acceptors (Lipinski definition) is 1. The lowest BCUT2D eigenvalue weighted by molar-refractivity contribution is -0.912. The molecule has 0 N–H and O–H groups in total. The quantitative estimate of drug-likeness (QED) is 0.534. The van der Waals surface area contributed by atoms with E-state index in [1.165, 1.54) is 98.3 Å². The molecule has 2 aliphatic heterocycles. The predicted molar refractivity (Wildman–Crippen MR) is 86.6 cm³/mol. The molecule has 2 fully saturated rings. The van der Waals surface area contributed by atoms with Gasteiger partial charge < -0.3 is 8.97 Å². The molecule has 2 aliphatic rings. The molecule has 112 valence electrons. The maximum absolute atomic E-state index is 2.47. The third-order valence-corrected chi connectivity index (χ3v) is 6.29. The van der Waals surface area contributed by atoms with E-state index in [0.29, 0.717) is 0 Å². The van der Waals surface area contributed by atoms with E-state index in [1.54, 1.807) is 0 Å². The van der Waals surface area contributed by atoms with Crippen LogP contribution in [0.2, 0.25) is 0 Å². The molecule has 0 atom stereocenters. The summed E-state index contributed by atoms with van der Waals surface area (Å²) in [6.45, 7) is 8.49. The van der Waals surface area contributed by atoms with Gasteiger partial charge in [-0.2, -0.15) is 11.8 Å². The van der Waals surface area contributed by atoms with E-state index in [2.05, 4.69) is 25.9 Å². The molecule has 0 spiro atoms. The first-order chi connectivity index (χ1) is 9.12. The van der Waals surface area contributed by atoms with Crippen molar-refractivity contribution < 1.29 is 8.97 Å². The monoisotopic (exact) mass is 286 g/mol. The van der Waals surface area contributed by atoms with Crippen LogP contribution in [0.5, 0.6) is 0 Å². The van der Waals surface area contributed by atoms with Gasteiger partial charge in [0.25, 0.3) is 0 Å². The van der Waals surface area contributed by atoms with Crippen LogP contribution >= 0.6 is 11.8 Å². The predicted octanol–water partition coefficient (Wildman–Crippen LogP) is 2.98. The molecule has 0 aliphatic carbocycles. The lowest BCUT2D eigenvalue weighted by Crippen LogP contribution is -2.50. The Balaban J connectivity index is 1.56. The molecule has 0 bridgehead atoms. The Hall–Kier alpha value is 0.270. The molecule has 0 aromatic carbocycles. The SMILES string of the molecule is C[N+]1(CCSCC[N+]2(C)CCCCC2)CCCCC1. The highest BCUT2D eigenvalue weighted by Gasteiger charge is 2.25. The van der Waals surface area contributed by atoms with E-state index in [-0.39, 0.29) is 0 Å². The minimum Gasteiger partial charge on any atom is -0.325 e. The van der Waals surface area contributed by atoms with E-state index < -0.39 is 0 Å². The highest BCUT2D eigenvalue weighted by Crippen LogP contribution is 2.19. The van der Waals surface area contributed by atoms with Crippen LogP contribution < -0.4 is 0 Å². The summed E-state index contributed by atoms with van der Waals surface area (Å²) in [6, 6.07) is 0. The second kappa shape index (κ2) is 7.33. The largest absolute Gasteiger partial charge is 0.325 e. The Bertz CT molecular complexity index is 229. The molecule has 19 heavy (non-hydrogen) atoms. The van der Waals surface area contributed by atoms with E-state index in [4.69, 9.17) is 0 Å². The van der Waals surface area contributed by atoms with Crippen molar-refractivity contribution in [2.45, 2.75) is 38.5 Å². The maximum Gasteiger partial charge on any atom is 0.0876 e. The molecule has 0 aromatic heterocycles. The highest BCUT2D eigenvalue weighted by atomic mass is 32.2. The van der Waals surface area contributed by atoms with Crippen LogP contribution in [0, 0.1) is 0 Å². The number of hydrogen-bond donors (Lipinski definition) is 0. The molecule has 2 nitrogen and oxygen atoms in total. The van der Waals surface area contributed by atoms with Crippen molar-refractivity contribution in [1.29, 1.82) is 0 Å². The third-order valence-electron chi connectivity index (χ3n) is 5.34. The zero-order valence-corrected chi connectivity index (χ0v) is 14.0. The Morgan fingerprint density at radius 2 is 1.00 bits per heavy atom. The summed E-state index contributed by atoms with van der Waals surface area (Å²) < 4.78 is 2.69. The first-order valence-corrected chi connectivity index (χ1v) is 9.52. The van der Waals surface area contributed by atoms with Crippen molar-refractivity contribution >= 4 is 11.8 Å². The minimum atomic E-state index is 1.35. The molecule has 2 rings (SSSR count). The van der Waals surface area contributed by atoms with Crippen LogP contribution in [0.4, 0.5) is 0 Å². The number of likely N-dealkylation sites (tertiary alicyclic amines) is 2. The number of nitrogens with zero attached hydrogens (tertiary/aromatic N) is 2. The van der Waals surface area contributed by atoms with Crippen LogP contribution in [0.15, 0.2) is 0 Å². The Kier molecular flexibility index (Phi) is 6.04. The molecule has 0 unspecified atom stereocenters. The van der Waals surface area contributed by atoms with Gasteiger partial charge in [0.1, 0.15) is 0 Å². The topological polar surface area (TPSA) is 0 Å². The molecule has 0 saturated carbocycles. The molecule has 2 heterocycles. The van der Waals surface area contributed by atoms with E-state index in [9.17, 15) is 0 Å². The van der Waals surface area contributed by atoms with Gasteiger partial charge in [-0.05, 0) is 38.5 Å². The Labute approximate surface area is 124 Å². The fraction of sp³-hybridized carbons (Fsp3) is 1.00. The second-order valence-corrected chi connectivity index (χ2v) is 8.54. The fourth-order valence-electron chi connectivity index (χ4n) is 3.67. The molecule has 3 heteroatoms. The van der Waals surface area contributed by atoms with E-state index in [0.717, 1.165) is 0 Å². The molecular formula is C16H34N2S+2. The van der Waals surface area contributed by atoms with Crippen molar-refractivity contribution in [3.05, 3.63) is 0 Å². The van der Waals surface area contributed by atoms with Gasteiger partial charge in [0.05, 0.1) is 53.4 Å². The van der Waals surface area contributed by atoms with Crippen molar-refractivity contribution in [2.24, 2.45) is 0 Å². The summed E-state index contributed by atoms with van der Waals surface area (Å²) >= 11 is 2.21. The van der Waals surface area contributed by atoms with Crippen molar-refractivity contribution in [2.75, 3.05) is 64.9 Å². The summed E-state index contributed by atoms with van der Waals surface area (Å²) in [5.74, 6) is 2.74. The third kappa shape index (κ3) is 5.28. The zero-order valence-electron chi connectivity index (χ0n) is 13.2. The van der Waals surface area contributed by atoms with Gasteiger partial charge in [-0.25, -0.2) is 0 Å². The van der Waals surface area contributed by atoms with Crippen LogP contribution in [0.25, 0.3) is 0 Å². The van der Waals surface area contributed by atoms with Gasteiger partial charge in [0.15, 0.2) is 0 Å². The minimum absolute atomic E-state index is 1.35. The lowest BCUT2D eigenvalue weighted by atomic mass is 10.1. The first-order valence-electron chi connectivity index (χ1n) is 8.37. The summed E-state index contributed by atoms with van der Waals surface area (Å²) in [5.41, 5.74) is 0. The molecule has 0 amide bonds. The normalized spacial score (nSPS) is 26.2. The van der Waals surface area contributed by atoms with Crippen molar-refractivity contribution in [3.8, 4) is 0 Å². The van der Waals surface area contributed by atoms with Gasteiger partial charge in [-0.3, -0.25) is 0 Å². The van der Waals surface area contributed by atoms with Gasteiger partial charge >= 0.3 is 0 Å². The number of rotatable bonds is 6. The van der Waals surface area contributed by atoms with E-state index in [1.807, 2.05) is 0 Å². The number of quaternary nitrogens is 2. The molecule has 0 aromatic rings. The van der Waals surface area contributed by atoms with Crippen molar-refractivity contribution in [3.63, 3.8) is 0 Å². The zero-order chi connectivity index (χ0) is 13.6. The van der Waals surface area contributed by atoms with Gasteiger partial charge in [-0.15, -0.1) is 0 Å². The average molecular weight is 287 g/mol. The molecule has 0 radical (unpaired) electrons. The first kappa shape index (κ1) is 15.7. The standard InChI is InChI=1S/C16H34N2S/c1-17(9-5-3-6-10-17)13-15-19-16-14-18(2)11-7-4-8-12-18/h3-16H2,1-2H3/q+2. The lowest BCUT2D eigenvalue weighted by Gasteiger charge is -2.38. The average Bonchev–Trinajstić information content (AvgIpc) is 2.40. The Morgan fingerprint density at radius 1 is 0.632 bits per heavy atom. The van der Waals surface area contributed by atoms with Gasteiger partial charge in [0.2, 0.25) is 0 Å². The summed E-state index contributed by atoms with van der Waals surface area (Å²) in [7, 11) is 4.94.